The maximum absolute atomic E-state index is 11.9. The van der Waals surface area contributed by atoms with E-state index in [9.17, 15) is 14.5 Å². The van der Waals surface area contributed by atoms with Gasteiger partial charge in [-0.2, -0.15) is 4.91 Å². The number of hydroxylamine groups is 1. The summed E-state index contributed by atoms with van der Waals surface area (Å²) < 4.78 is 0. The molecule has 2 aromatic carbocycles. The zero-order valence-electron chi connectivity index (χ0n) is 13.7. The fourth-order valence-electron chi connectivity index (χ4n) is 2.26. The van der Waals surface area contributed by atoms with Crippen molar-refractivity contribution in [2.75, 3.05) is 5.06 Å². The number of carbonyl (C=O) groups is 2. The van der Waals surface area contributed by atoms with E-state index in [0.717, 1.165) is 5.06 Å². The van der Waals surface area contributed by atoms with E-state index < -0.39 is 12.0 Å². The van der Waals surface area contributed by atoms with Crippen molar-refractivity contribution < 1.29 is 19.5 Å². The summed E-state index contributed by atoms with van der Waals surface area (Å²) in [5, 5.41) is 12.8. The van der Waals surface area contributed by atoms with Gasteiger partial charge in [0.1, 0.15) is 6.04 Å². The van der Waals surface area contributed by atoms with Gasteiger partial charge < -0.3 is 9.94 Å². The Labute approximate surface area is 144 Å². The topological polar surface area (TPSA) is 96.3 Å². The van der Waals surface area contributed by atoms with Gasteiger partial charge in [-0.15, -0.1) is 5.06 Å². The van der Waals surface area contributed by atoms with E-state index >= 15 is 0 Å². The first-order valence-electron chi connectivity index (χ1n) is 7.69. The second kappa shape index (κ2) is 8.58. The first kappa shape index (κ1) is 18.1. The lowest BCUT2D eigenvalue weighted by Crippen LogP contribution is -2.32. The lowest BCUT2D eigenvalue weighted by Gasteiger charge is -2.21. The Morgan fingerprint density at radius 1 is 1.12 bits per heavy atom. The molecule has 0 saturated carbocycles. The van der Waals surface area contributed by atoms with Gasteiger partial charge in [-0.3, -0.25) is 9.59 Å². The summed E-state index contributed by atoms with van der Waals surface area (Å²) in [7, 11) is 0. The highest BCUT2D eigenvalue weighted by atomic mass is 16.7. The lowest BCUT2D eigenvalue weighted by molar-refractivity contribution is -0.137. The molecule has 0 aliphatic rings. The molecule has 0 fully saturated rings. The molecule has 2 rings (SSSR count). The largest absolute Gasteiger partial charge is 0.481 e. The van der Waals surface area contributed by atoms with Crippen LogP contribution in [-0.2, 0) is 9.59 Å². The molecule has 1 atom stereocenters. The number of amides is 1. The summed E-state index contributed by atoms with van der Waals surface area (Å²) in [6, 6.07) is 14.6. The number of carboxylic acid groups (broad SMARTS) is 1. The highest BCUT2D eigenvalue weighted by Gasteiger charge is 2.17. The monoisotopic (exact) mass is 342 g/mol. The second-order valence-corrected chi connectivity index (χ2v) is 5.36. The summed E-state index contributed by atoms with van der Waals surface area (Å²) in [5.41, 5.74) is 1.08. The summed E-state index contributed by atoms with van der Waals surface area (Å²) in [5.74, 6) is -0.785. The lowest BCUT2D eigenvalue weighted by atomic mass is 10.0. The first-order valence-corrected chi connectivity index (χ1v) is 7.69. The van der Waals surface area contributed by atoms with Gasteiger partial charge in [0.2, 0.25) is 0 Å². The Morgan fingerprint density at radius 2 is 1.76 bits per heavy atom. The van der Waals surface area contributed by atoms with Crippen LogP contribution < -0.4 is 9.90 Å². The Bertz CT molecular complexity index is 731. The normalized spacial score (nSPS) is 11.4. The van der Waals surface area contributed by atoms with Crippen LogP contribution in [0.5, 0.6) is 5.75 Å². The Hall–Kier alpha value is -3.22. The van der Waals surface area contributed by atoms with Crippen LogP contribution in [0.1, 0.15) is 31.4 Å². The maximum atomic E-state index is 11.9. The molecule has 0 saturated heterocycles. The van der Waals surface area contributed by atoms with Gasteiger partial charge in [-0.1, -0.05) is 35.5 Å². The zero-order valence-corrected chi connectivity index (χ0v) is 13.7. The minimum Gasteiger partial charge on any atom is -0.481 e. The van der Waals surface area contributed by atoms with Crippen LogP contribution in [0, 0.1) is 4.91 Å². The van der Waals surface area contributed by atoms with Crippen molar-refractivity contribution in [2.24, 2.45) is 5.18 Å². The van der Waals surface area contributed by atoms with Gasteiger partial charge >= 0.3 is 5.97 Å². The molecular formula is C18H18N2O5. The molecular weight excluding hydrogens is 324 g/mol. The van der Waals surface area contributed by atoms with E-state index in [1.807, 2.05) is 6.07 Å². The second-order valence-electron chi connectivity index (χ2n) is 5.36. The number of carboxylic acids is 1. The molecule has 0 aromatic heterocycles. The number of hydrogen-bond donors (Lipinski definition) is 1. The van der Waals surface area contributed by atoms with E-state index in [2.05, 4.69) is 5.18 Å². The fourth-order valence-corrected chi connectivity index (χ4v) is 2.26. The van der Waals surface area contributed by atoms with Crippen LogP contribution in [0.3, 0.4) is 0 Å². The zero-order chi connectivity index (χ0) is 18.2. The van der Waals surface area contributed by atoms with E-state index in [-0.39, 0.29) is 18.7 Å². The van der Waals surface area contributed by atoms with Gasteiger partial charge in [-0.05, 0) is 36.2 Å². The number of hydrogen-bond acceptors (Lipinski definition) is 5. The predicted molar refractivity (Wildman–Crippen MR) is 92.1 cm³/mol. The van der Waals surface area contributed by atoms with Gasteiger partial charge in [0, 0.05) is 13.3 Å². The number of nitrogens with zero attached hydrogens (tertiary/aromatic N) is 2. The number of carbonyl (C=O) groups excluding carboxylic acids is 1. The molecule has 25 heavy (non-hydrogen) atoms. The molecule has 2 aromatic rings. The molecule has 0 aliphatic heterocycles. The molecule has 0 radical (unpaired) electrons. The van der Waals surface area contributed by atoms with Crippen LogP contribution >= 0.6 is 0 Å². The third-order valence-electron chi connectivity index (χ3n) is 3.50. The van der Waals surface area contributed by atoms with Crippen LogP contribution in [0.15, 0.2) is 59.8 Å². The van der Waals surface area contributed by atoms with Crippen LogP contribution in [-0.4, -0.2) is 17.0 Å². The average Bonchev–Trinajstić information content (AvgIpc) is 2.61. The van der Waals surface area contributed by atoms with E-state index in [0.29, 0.717) is 17.0 Å². The van der Waals surface area contributed by atoms with E-state index in [4.69, 9.17) is 9.94 Å². The van der Waals surface area contributed by atoms with Gasteiger partial charge in [0.15, 0.2) is 5.75 Å². The Morgan fingerprint density at radius 3 is 2.28 bits per heavy atom. The molecule has 7 heteroatoms. The minimum atomic E-state index is -0.982. The standard InChI is InChI=1S/C18H18N2O5/c1-13(21)20(25-16-5-3-2-4-6-16)15-9-7-14(8-10-15)17(19-24)11-12-18(22)23/h2-10,17H,11-12H2,1H3,(H,22,23). The summed E-state index contributed by atoms with van der Waals surface area (Å²) >= 11 is 0. The molecule has 0 heterocycles. The van der Waals surface area contributed by atoms with Crippen LogP contribution in [0.2, 0.25) is 0 Å². The molecule has 1 unspecified atom stereocenters. The van der Waals surface area contributed by atoms with Gasteiger partial charge in [0.05, 0.1) is 5.69 Å². The average molecular weight is 342 g/mol. The van der Waals surface area contributed by atoms with E-state index in [1.54, 1.807) is 48.5 Å². The minimum absolute atomic E-state index is 0.120. The maximum Gasteiger partial charge on any atom is 0.303 e. The molecule has 0 spiro atoms. The molecule has 1 N–H and O–H groups in total. The van der Waals surface area contributed by atoms with Crippen molar-refractivity contribution in [2.45, 2.75) is 25.8 Å². The van der Waals surface area contributed by atoms with Crippen LogP contribution in [0.4, 0.5) is 5.69 Å². The number of aliphatic carboxylic acids is 1. The summed E-state index contributed by atoms with van der Waals surface area (Å²) in [6.07, 6.45) is -0.0238. The fraction of sp³-hybridized carbons (Fsp3) is 0.222. The number of para-hydroxylation sites is 1. The van der Waals surface area contributed by atoms with Gasteiger partial charge in [-0.25, -0.2) is 0 Å². The number of anilines is 1. The highest BCUT2D eigenvalue weighted by molar-refractivity contribution is 5.89. The SMILES string of the molecule is CC(=O)N(Oc1ccccc1)c1ccc(C(CCC(=O)O)N=O)cc1. The van der Waals surface area contributed by atoms with Crippen molar-refractivity contribution in [3.63, 3.8) is 0 Å². The number of rotatable bonds is 8. The third kappa shape index (κ3) is 5.13. The van der Waals surface area contributed by atoms with Gasteiger partial charge in [0.25, 0.3) is 5.91 Å². The van der Waals surface area contributed by atoms with Crippen LogP contribution in [0.25, 0.3) is 0 Å². The van der Waals surface area contributed by atoms with Crippen molar-refractivity contribution >= 4 is 17.6 Å². The molecule has 130 valence electrons. The molecule has 7 nitrogen and oxygen atoms in total. The summed E-state index contributed by atoms with van der Waals surface area (Å²) in [6.45, 7) is 1.37. The third-order valence-corrected chi connectivity index (χ3v) is 3.50. The van der Waals surface area contributed by atoms with E-state index in [1.165, 1.54) is 6.92 Å². The van der Waals surface area contributed by atoms with Crippen molar-refractivity contribution in [1.29, 1.82) is 0 Å². The molecule has 1 amide bonds. The highest BCUT2D eigenvalue weighted by Crippen LogP contribution is 2.26. The first-order chi connectivity index (χ1) is 12.0. The predicted octanol–water partition coefficient (Wildman–Crippen LogP) is 3.71. The number of benzene rings is 2. The van der Waals surface area contributed by atoms with Crippen molar-refractivity contribution in [3.05, 3.63) is 65.1 Å². The molecule has 0 aliphatic carbocycles. The Balaban J connectivity index is 2.16. The van der Waals surface area contributed by atoms with Crippen molar-refractivity contribution in [1.82, 2.24) is 0 Å². The summed E-state index contributed by atoms with van der Waals surface area (Å²) in [4.78, 5) is 39.0. The van der Waals surface area contributed by atoms with Crippen molar-refractivity contribution in [3.8, 4) is 5.75 Å². The Kier molecular flexibility index (Phi) is 6.22. The quantitative estimate of drug-likeness (QED) is 0.583. The number of nitroso groups, excluding NO2 is 1. The molecule has 0 bridgehead atoms. The smallest absolute Gasteiger partial charge is 0.303 e.